The molecule has 2 heterocycles. The number of nitro benzene ring substituents is 1. The van der Waals surface area contributed by atoms with Crippen molar-refractivity contribution in [2.24, 2.45) is 0 Å². The molecule has 1 fully saturated rings. The standard InChI is InChI=1S/C21H19ClFN5O5/c1-12-9-27(10-20(29)33-12)4-5-32-19-8-17-14(7-18(19)28(30)31)21(25-11-24-17)26-13-2-3-16(23)15(22)6-13/h2-3,6-8,11-12H,4-5,9-10H2,1H3,(H,24,25,26)/t12-/m0/s1. The maximum Gasteiger partial charge on any atom is 0.320 e. The summed E-state index contributed by atoms with van der Waals surface area (Å²) in [6.07, 6.45) is 1.08. The van der Waals surface area contributed by atoms with Gasteiger partial charge < -0.3 is 14.8 Å². The van der Waals surface area contributed by atoms with Gasteiger partial charge in [0, 0.05) is 30.9 Å². The fourth-order valence-corrected chi connectivity index (χ4v) is 3.69. The number of nitrogens with zero attached hydrogens (tertiary/aromatic N) is 4. The third-order valence-electron chi connectivity index (χ3n) is 4.96. The first kappa shape index (κ1) is 22.6. The van der Waals surface area contributed by atoms with Gasteiger partial charge in [0.2, 0.25) is 0 Å². The molecule has 1 aromatic heterocycles. The normalized spacial score (nSPS) is 16.5. The van der Waals surface area contributed by atoms with Crippen LogP contribution in [-0.4, -0.2) is 58.1 Å². The van der Waals surface area contributed by atoms with Gasteiger partial charge >= 0.3 is 11.7 Å². The Balaban J connectivity index is 1.56. The molecule has 0 aliphatic carbocycles. The second kappa shape index (κ2) is 9.51. The number of anilines is 2. The van der Waals surface area contributed by atoms with E-state index in [1.165, 1.54) is 36.7 Å². The summed E-state index contributed by atoms with van der Waals surface area (Å²) in [5.74, 6) is -0.541. The van der Waals surface area contributed by atoms with Crippen LogP contribution in [-0.2, 0) is 9.53 Å². The Labute approximate surface area is 192 Å². The molecule has 12 heteroatoms. The maximum absolute atomic E-state index is 13.4. The number of aromatic nitrogens is 2. The van der Waals surface area contributed by atoms with E-state index in [1.807, 2.05) is 4.90 Å². The van der Waals surface area contributed by atoms with Crippen molar-refractivity contribution in [2.75, 3.05) is 31.6 Å². The summed E-state index contributed by atoms with van der Waals surface area (Å²) in [6, 6.07) is 6.83. The first-order valence-corrected chi connectivity index (χ1v) is 10.4. The summed E-state index contributed by atoms with van der Waals surface area (Å²) in [7, 11) is 0. The highest BCUT2D eigenvalue weighted by atomic mass is 35.5. The number of hydrogen-bond donors (Lipinski definition) is 1. The van der Waals surface area contributed by atoms with Crippen LogP contribution < -0.4 is 10.1 Å². The quantitative estimate of drug-likeness (QED) is 0.310. The molecule has 10 nitrogen and oxygen atoms in total. The number of carbonyl (C=O) groups excluding carboxylic acids is 1. The molecule has 1 atom stereocenters. The molecule has 1 N–H and O–H groups in total. The minimum atomic E-state index is -0.567. The van der Waals surface area contributed by atoms with E-state index in [-0.39, 0.29) is 47.5 Å². The average molecular weight is 476 g/mol. The minimum absolute atomic E-state index is 0.0506. The Kier molecular flexibility index (Phi) is 6.52. The summed E-state index contributed by atoms with van der Waals surface area (Å²) in [4.78, 5) is 32.9. The van der Waals surface area contributed by atoms with Crippen LogP contribution in [0.15, 0.2) is 36.7 Å². The lowest BCUT2D eigenvalue weighted by Gasteiger charge is -2.29. The second-order valence-corrected chi connectivity index (χ2v) is 7.86. The number of ether oxygens (including phenoxy) is 2. The van der Waals surface area contributed by atoms with Crippen molar-refractivity contribution in [3.63, 3.8) is 0 Å². The largest absolute Gasteiger partial charge is 0.485 e. The van der Waals surface area contributed by atoms with Gasteiger partial charge in [-0.05, 0) is 25.1 Å². The molecule has 3 aromatic rings. The molecule has 4 rings (SSSR count). The van der Waals surface area contributed by atoms with E-state index in [2.05, 4.69) is 15.3 Å². The number of esters is 1. The van der Waals surface area contributed by atoms with Crippen LogP contribution >= 0.6 is 11.6 Å². The molecule has 33 heavy (non-hydrogen) atoms. The van der Waals surface area contributed by atoms with Crippen molar-refractivity contribution >= 4 is 45.7 Å². The molecule has 172 valence electrons. The van der Waals surface area contributed by atoms with E-state index in [9.17, 15) is 19.3 Å². The van der Waals surface area contributed by atoms with E-state index in [0.717, 1.165) is 0 Å². The fourth-order valence-electron chi connectivity index (χ4n) is 3.51. The molecule has 0 amide bonds. The summed E-state index contributed by atoms with van der Waals surface area (Å²) < 4.78 is 24.2. The van der Waals surface area contributed by atoms with E-state index in [1.54, 1.807) is 6.92 Å². The Bertz CT molecular complexity index is 1230. The molecule has 0 spiro atoms. The maximum atomic E-state index is 13.4. The van der Waals surface area contributed by atoms with Crippen LogP contribution in [0, 0.1) is 15.9 Å². The SMILES string of the molecule is C[C@H]1CN(CCOc2cc3ncnc(Nc4ccc(F)c(Cl)c4)c3cc2[N+](=O)[O-])CC(=O)O1. The molecule has 1 aliphatic heterocycles. The van der Waals surface area contributed by atoms with Gasteiger partial charge in [-0.15, -0.1) is 0 Å². The zero-order chi connectivity index (χ0) is 23.5. The highest BCUT2D eigenvalue weighted by Crippen LogP contribution is 2.35. The highest BCUT2D eigenvalue weighted by molar-refractivity contribution is 6.31. The van der Waals surface area contributed by atoms with Crippen LogP contribution in [0.5, 0.6) is 5.75 Å². The van der Waals surface area contributed by atoms with Gasteiger partial charge in [0.25, 0.3) is 0 Å². The first-order chi connectivity index (χ1) is 15.8. The number of nitrogens with one attached hydrogen (secondary N) is 1. The van der Waals surface area contributed by atoms with Crippen molar-refractivity contribution < 1.29 is 23.6 Å². The van der Waals surface area contributed by atoms with Gasteiger partial charge in [-0.25, -0.2) is 14.4 Å². The predicted molar refractivity (Wildman–Crippen MR) is 118 cm³/mol. The Morgan fingerprint density at radius 3 is 2.91 bits per heavy atom. The smallest absolute Gasteiger partial charge is 0.320 e. The topological polar surface area (TPSA) is 120 Å². The number of fused-ring (bicyclic) bond motifs is 1. The van der Waals surface area contributed by atoms with Gasteiger partial charge in [-0.2, -0.15) is 0 Å². The van der Waals surface area contributed by atoms with Crippen molar-refractivity contribution in [1.82, 2.24) is 14.9 Å². The van der Waals surface area contributed by atoms with Crippen molar-refractivity contribution in [3.05, 3.63) is 57.6 Å². The van der Waals surface area contributed by atoms with Crippen LogP contribution in [0.3, 0.4) is 0 Å². The van der Waals surface area contributed by atoms with Gasteiger partial charge in [-0.1, -0.05) is 11.6 Å². The third-order valence-corrected chi connectivity index (χ3v) is 5.25. The van der Waals surface area contributed by atoms with Crippen LogP contribution in [0.4, 0.5) is 21.6 Å². The number of cyclic esters (lactones) is 1. The Hall–Kier alpha value is -3.57. The monoisotopic (exact) mass is 475 g/mol. The molecule has 0 unspecified atom stereocenters. The van der Waals surface area contributed by atoms with E-state index in [0.29, 0.717) is 29.7 Å². The second-order valence-electron chi connectivity index (χ2n) is 7.45. The lowest BCUT2D eigenvalue weighted by Crippen LogP contribution is -2.45. The first-order valence-electron chi connectivity index (χ1n) is 10.00. The summed E-state index contributed by atoms with van der Waals surface area (Å²) in [5, 5.41) is 15.0. The van der Waals surface area contributed by atoms with Crippen LogP contribution in [0.25, 0.3) is 10.9 Å². The number of rotatable bonds is 7. The number of carbonyl (C=O) groups is 1. The molecular formula is C21H19ClFN5O5. The van der Waals surface area contributed by atoms with Crippen LogP contribution in [0.1, 0.15) is 6.92 Å². The third kappa shape index (κ3) is 5.26. The predicted octanol–water partition coefficient (Wildman–Crippen LogP) is 3.70. The zero-order valence-corrected chi connectivity index (χ0v) is 18.2. The van der Waals surface area contributed by atoms with Crippen LogP contribution in [0.2, 0.25) is 5.02 Å². The van der Waals surface area contributed by atoms with E-state index in [4.69, 9.17) is 21.1 Å². The Morgan fingerprint density at radius 2 is 2.18 bits per heavy atom. The highest BCUT2D eigenvalue weighted by Gasteiger charge is 2.24. The lowest BCUT2D eigenvalue weighted by atomic mass is 10.2. The van der Waals surface area contributed by atoms with Gasteiger partial charge in [0.05, 0.1) is 27.4 Å². The molecule has 1 saturated heterocycles. The molecular weight excluding hydrogens is 457 g/mol. The molecule has 0 bridgehead atoms. The lowest BCUT2D eigenvalue weighted by molar-refractivity contribution is -0.385. The van der Waals surface area contributed by atoms with Crippen molar-refractivity contribution in [1.29, 1.82) is 0 Å². The molecule has 2 aromatic carbocycles. The number of nitro groups is 1. The average Bonchev–Trinajstić information content (AvgIpc) is 2.75. The molecule has 1 aliphatic rings. The summed E-state index contributed by atoms with van der Waals surface area (Å²) in [5.41, 5.74) is 0.610. The van der Waals surface area contributed by atoms with Gasteiger partial charge in [-0.3, -0.25) is 19.8 Å². The minimum Gasteiger partial charge on any atom is -0.485 e. The van der Waals surface area contributed by atoms with Crippen molar-refractivity contribution in [2.45, 2.75) is 13.0 Å². The molecule has 0 radical (unpaired) electrons. The van der Waals surface area contributed by atoms with Gasteiger partial charge in [0.1, 0.15) is 30.7 Å². The molecule has 0 saturated carbocycles. The van der Waals surface area contributed by atoms with Gasteiger partial charge in [0.15, 0.2) is 5.75 Å². The summed E-state index contributed by atoms with van der Waals surface area (Å²) in [6.45, 7) is 3.03. The zero-order valence-electron chi connectivity index (χ0n) is 17.5. The number of morpholine rings is 1. The van der Waals surface area contributed by atoms with E-state index >= 15 is 0 Å². The van der Waals surface area contributed by atoms with Crippen molar-refractivity contribution in [3.8, 4) is 5.75 Å². The van der Waals surface area contributed by atoms with E-state index < -0.39 is 10.7 Å². The fraction of sp³-hybridized carbons (Fsp3) is 0.286. The number of halogens is 2. The summed E-state index contributed by atoms with van der Waals surface area (Å²) >= 11 is 5.82. The Morgan fingerprint density at radius 1 is 1.36 bits per heavy atom. The number of hydrogen-bond acceptors (Lipinski definition) is 9. The number of benzene rings is 2.